The Bertz CT molecular complexity index is 643. The minimum Gasteiger partial charge on any atom is -0.502 e. The van der Waals surface area contributed by atoms with Crippen LogP contribution in [0.5, 0.6) is 0 Å². The van der Waals surface area contributed by atoms with Gasteiger partial charge in [0.15, 0.2) is 0 Å². The molecular formula is C16H14OS3Si. The first-order valence-electron chi connectivity index (χ1n) is 6.88. The minimum absolute atomic E-state index is 0.826. The monoisotopic (exact) mass is 346 g/mol. The Hall–Kier alpha value is -1.14. The summed E-state index contributed by atoms with van der Waals surface area (Å²) in [6, 6.07) is 13.4. The predicted molar refractivity (Wildman–Crippen MR) is 96.3 cm³/mol. The SMILES string of the molecule is C1=C([Si](c2cccs2)(c2cccs2)c2cccs2)OCC1. The second-order valence-corrected chi connectivity index (χ2v) is 12.4. The summed E-state index contributed by atoms with van der Waals surface area (Å²) in [7, 11) is -2.14. The van der Waals surface area contributed by atoms with Gasteiger partial charge in [-0.05, 0) is 22.2 Å². The molecule has 0 N–H and O–H groups in total. The standard InChI is InChI=1S/C16H14OS3Si/c1-5-13(17-9-1)21(14-6-2-10-18-14,15-7-3-11-19-15)16-8-4-12-20-16/h2-8,10-12H,1,9H2. The lowest BCUT2D eigenvalue weighted by Gasteiger charge is -2.29. The molecule has 3 aromatic heterocycles. The van der Waals surface area contributed by atoms with Crippen LogP contribution in [-0.4, -0.2) is 14.7 Å². The van der Waals surface area contributed by atoms with Gasteiger partial charge in [0, 0.05) is 19.9 Å². The first-order valence-corrected chi connectivity index (χ1v) is 11.5. The Balaban J connectivity index is 2.04. The van der Waals surface area contributed by atoms with E-state index in [2.05, 4.69) is 58.6 Å². The quantitative estimate of drug-likeness (QED) is 0.659. The summed E-state index contributed by atoms with van der Waals surface area (Å²) in [5.74, 6) is 0. The fourth-order valence-electron chi connectivity index (χ4n) is 2.88. The van der Waals surface area contributed by atoms with E-state index < -0.39 is 8.07 Å². The molecule has 0 spiro atoms. The summed E-state index contributed by atoms with van der Waals surface area (Å²) < 4.78 is 10.6. The van der Waals surface area contributed by atoms with E-state index >= 15 is 0 Å². The Morgan fingerprint density at radius 1 is 0.810 bits per heavy atom. The van der Waals surface area contributed by atoms with Gasteiger partial charge < -0.3 is 4.74 Å². The van der Waals surface area contributed by atoms with Crippen molar-refractivity contribution in [3.05, 3.63) is 64.0 Å². The Morgan fingerprint density at radius 3 is 1.67 bits per heavy atom. The number of hydrogen-bond donors (Lipinski definition) is 0. The second kappa shape index (κ2) is 5.57. The van der Waals surface area contributed by atoms with Crippen LogP contribution in [0, 0.1) is 0 Å². The molecule has 0 saturated carbocycles. The van der Waals surface area contributed by atoms with Crippen molar-refractivity contribution >= 4 is 55.6 Å². The van der Waals surface area contributed by atoms with Crippen molar-refractivity contribution < 1.29 is 4.74 Å². The molecule has 0 atom stereocenters. The van der Waals surface area contributed by atoms with Gasteiger partial charge in [0.2, 0.25) is 0 Å². The Morgan fingerprint density at radius 2 is 1.33 bits per heavy atom. The Kier molecular flexibility index (Phi) is 3.58. The fourth-order valence-corrected chi connectivity index (χ4v) is 13.7. The van der Waals surface area contributed by atoms with Gasteiger partial charge in [-0.2, -0.15) is 34.0 Å². The van der Waals surface area contributed by atoms with Crippen LogP contribution < -0.4 is 13.5 Å². The molecule has 0 amide bonds. The van der Waals surface area contributed by atoms with Crippen molar-refractivity contribution in [3.63, 3.8) is 0 Å². The number of ether oxygens (including phenoxy) is 1. The maximum absolute atomic E-state index is 6.13. The highest BCUT2D eigenvalue weighted by molar-refractivity contribution is 7.46. The van der Waals surface area contributed by atoms with Crippen molar-refractivity contribution in [2.45, 2.75) is 6.42 Å². The molecule has 1 aliphatic rings. The van der Waals surface area contributed by atoms with Crippen LogP contribution in [0.3, 0.4) is 0 Å². The third-order valence-corrected chi connectivity index (χ3v) is 13.4. The van der Waals surface area contributed by atoms with E-state index in [1.165, 1.54) is 18.9 Å². The van der Waals surface area contributed by atoms with Crippen molar-refractivity contribution in [1.29, 1.82) is 0 Å². The molecule has 0 aromatic carbocycles. The smallest absolute Gasteiger partial charge is 0.252 e. The fraction of sp³-hybridized carbons (Fsp3) is 0.125. The van der Waals surface area contributed by atoms with Crippen molar-refractivity contribution in [1.82, 2.24) is 0 Å². The highest BCUT2D eigenvalue weighted by Gasteiger charge is 2.48. The molecule has 0 saturated heterocycles. The van der Waals surface area contributed by atoms with Crippen LogP contribution in [0.4, 0.5) is 0 Å². The molecule has 0 bridgehead atoms. The Labute approximate surface area is 137 Å². The van der Waals surface area contributed by atoms with Gasteiger partial charge in [0.05, 0.1) is 12.0 Å². The van der Waals surface area contributed by atoms with E-state index in [-0.39, 0.29) is 0 Å². The van der Waals surface area contributed by atoms with Crippen LogP contribution in [0.15, 0.2) is 64.0 Å². The number of rotatable bonds is 4. The summed E-state index contributed by atoms with van der Waals surface area (Å²) in [6.45, 7) is 0.826. The van der Waals surface area contributed by atoms with Gasteiger partial charge in [-0.3, -0.25) is 0 Å². The molecular weight excluding hydrogens is 332 g/mol. The van der Waals surface area contributed by atoms with Crippen molar-refractivity contribution in [2.75, 3.05) is 6.61 Å². The van der Waals surface area contributed by atoms with E-state index in [4.69, 9.17) is 4.74 Å². The highest BCUT2D eigenvalue weighted by Crippen LogP contribution is 2.26. The van der Waals surface area contributed by atoms with Gasteiger partial charge in [0.25, 0.3) is 8.07 Å². The molecule has 0 aliphatic carbocycles. The summed E-state index contributed by atoms with van der Waals surface area (Å²) in [5.41, 5.74) is 0. The molecule has 3 aromatic rings. The molecule has 1 aliphatic heterocycles. The van der Waals surface area contributed by atoms with Crippen molar-refractivity contribution in [3.8, 4) is 0 Å². The second-order valence-electron chi connectivity index (χ2n) is 4.89. The first-order chi connectivity index (χ1) is 10.4. The average molecular weight is 347 g/mol. The largest absolute Gasteiger partial charge is 0.502 e. The lowest BCUT2D eigenvalue weighted by molar-refractivity contribution is 0.266. The van der Waals surface area contributed by atoms with Crippen LogP contribution in [-0.2, 0) is 4.74 Å². The minimum atomic E-state index is -2.14. The zero-order chi connectivity index (χ0) is 14.1. The maximum Gasteiger partial charge on any atom is 0.252 e. The summed E-state index contributed by atoms with van der Waals surface area (Å²) in [4.78, 5) is 0. The molecule has 0 radical (unpaired) electrons. The molecule has 106 valence electrons. The van der Waals surface area contributed by atoms with Gasteiger partial charge in [-0.1, -0.05) is 36.4 Å². The van der Waals surface area contributed by atoms with E-state index in [1.54, 1.807) is 0 Å². The number of thiophene rings is 3. The van der Waals surface area contributed by atoms with Gasteiger partial charge >= 0.3 is 0 Å². The average Bonchev–Trinajstić information content (AvgIpc) is 3.32. The maximum atomic E-state index is 6.13. The molecule has 4 heterocycles. The van der Waals surface area contributed by atoms with E-state index in [0.29, 0.717) is 0 Å². The lowest BCUT2D eigenvalue weighted by atomic mass is 10.5. The zero-order valence-electron chi connectivity index (χ0n) is 11.3. The third kappa shape index (κ3) is 2.07. The van der Waals surface area contributed by atoms with E-state index in [1.807, 2.05) is 34.0 Å². The molecule has 5 heteroatoms. The summed E-state index contributed by atoms with van der Waals surface area (Å²) >= 11 is 5.60. The van der Waals surface area contributed by atoms with Crippen LogP contribution in [0.25, 0.3) is 0 Å². The first kappa shape index (κ1) is 13.5. The molecule has 0 fully saturated rings. The topological polar surface area (TPSA) is 9.23 Å². The van der Waals surface area contributed by atoms with Crippen molar-refractivity contribution in [2.24, 2.45) is 0 Å². The van der Waals surface area contributed by atoms with Crippen LogP contribution in [0.1, 0.15) is 6.42 Å². The molecule has 1 nitrogen and oxygen atoms in total. The highest BCUT2D eigenvalue weighted by atomic mass is 32.1. The molecule has 4 rings (SSSR count). The molecule has 0 unspecified atom stereocenters. The lowest BCUT2D eigenvalue weighted by Crippen LogP contribution is -2.66. The van der Waals surface area contributed by atoms with Gasteiger partial charge in [0.1, 0.15) is 0 Å². The van der Waals surface area contributed by atoms with Gasteiger partial charge in [-0.15, -0.1) is 0 Å². The van der Waals surface area contributed by atoms with E-state index in [9.17, 15) is 0 Å². The predicted octanol–water partition coefficient (Wildman–Crippen LogP) is 3.18. The van der Waals surface area contributed by atoms with Gasteiger partial charge in [-0.25, -0.2) is 0 Å². The van der Waals surface area contributed by atoms with Crippen LogP contribution >= 0.6 is 34.0 Å². The normalized spacial score (nSPS) is 15.0. The third-order valence-electron chi connectivity index (χ3n) is 3.75. The zero-order valence-corrected chi connectivity index (χ0v) is 14.8. The summed E-state index contributed by atoms with van der Waals surface area (Å²) in [6.07, 6.45) is 3.36. The van der Waals surface area contributed by atoms with Crippen LogP contribution in [0.2, 0.25) is 0 Å². The number of hydrogen-bond acceptors (Lipinski definition) is 4. The summed E-state index contributed by atoms with van der Waals surface area (Å²) in [5, 5.41) is 7.80. The van der Waals surface area contributed by atoms with E-state index in [0.717, 1.165) is 13.0 Å². The molecule has 21 heavy (non-hydrogen) atoms.